The van der Waals surface area contributed by atoms with Crippen molar-refractivity contribution >= 4 is 5.69 Å². The van der Waals surface area contributed by atoms with Gasteiger partial charge < -0.3 is 10.2 Å². The van der Waals surface area contributed by atoms with E-state index in [4.69, 9.17) is 4.74 Å². The fourth-order valence-electron chi connectivity index (χ4n) is 2.41. The molecule has 0 radical (unpaired) electrons. The van der Waals surface area contributed by atoms with Crippen LogP contribution in [0.1, 0.15) is 17.5 Å². The van der Waals surface area contributed by atoms with Gasteiger partial charge in [0.25, 0.3) is 0 Å². The number of rotatable bonds is 4. The highest BCUT2D eigenvalue weighted by Crippen LogP contribution is 2.30. The van der Waals surface area contributed by atoms with Crippen LogP contribution in [0.4, 0.5) is 10.1 Å². The van der Waals surface area contributed by atoms with E-state index in [0.717, 1.165) is 35.4 Å². The second-order valence-electron chi connectivity index (χ2n) is 4.85. The summed E-state index contributed by atoms with van der Waals surface area (Å²) in [6.07, 6.45) is 1.83. The van der Waals surface area contributed by atoms with Crippen molar-refractivity contribution in [3.8, 4) is 5.75 Å². The molecule has 2 N–H and O–H groups in total. The number of hydrogen-bond donors (Lipinski definition) is 2. The van der Waals surface area contributed by atoms with Crippen molar-refractivity contribution in [1.29, 1.82) is 0 Å². The largest absolute Gasteiger partial charge is 0.493 e. The smallest absolute Gasteiger partial charge is 0.127 e. The molecular weight excluding hydrogens is 255 g/mol. The van der Waals surface area contributed by atoms with E-state index in [0.29, 0.717) is 13.2 Å². The average molecular weight is 272 g/mol. The molecule has 0 fully saturated rings. The molecule has 0 aromatic heterocycles. The number of nitrogens with one attached hydrogen (secondary N) is 2. The number of benzene rings is 2. The molecule has 0 saturated heterocycles. The molecule has 0 unspecified atom stereocenters. The van der Waals surface area contributed by atoms with Crippen LogP contribution in [0, 0.1) is 5.82 Å². The Labute approximate surface area is 117 Å². The Morgan fingerprint density at radius 1 is 1.15 bits per heavy atom. The molecule has 0 saturated carbocycles. The zero-order chi connectivity index (χ0) is 13.8. The molecule has 2 aromatic carbocycles. The van der Waals surface area contributed by atoms with Crippen LogP contribution < -0.4 is 15.6 Å². The van der Waals surface area contributed by atoms with E-state index in [9.17, 15) is 4.39 Å². The van der Waals surface area contributed by atoms with Crippen molar-refractivity contribution in [3.05, 3.63) is 59.4 Å². The normalized spacial score (nSPS) is 13.4. The minimum Gasteiger partial charge on any atom is -0.493 e. The quantitative estimate of drug-likeness (QED) is 0.838. The van der Waals surface area contributed by atoms with Gasteiger partial charge in [-0.1, -0.05) is 18.2 Å². The van der Waals surface area contributed by atoms with Gasteiger partial charge in [0.05, 0.1) is 6.61 Å². The third-order valence-electron chi connectivity index (χ3n) is 3.33. The summed E-state index contributed by atoms with van der Waals surface area (Å²) in [6.45, 7) is 1.22. The number of halogens is 1. The lowest BCUT2D eigenvalue weighted by molar-refractivity contribution is 0.283. The lowest BCUT2D eigenvalue weighted by atomic mass is 10.0. The SMILES string of the molecule is Fc1cc2c(c(CNNc3ccccc3)c1)OCCC2. The first-order valence-electron chi connectivity index (χ1n) is 6.81. The number of hydrazine groups is 1. The predicted octanol–water partition coefficient (Wildman–Crippen LogP) is 3.27. The highest BCUT2D eigenvalue weighted by molar-refractivity contribution is 5.44. The third-order valence-corrected chi connectivity index (χ3v) is 3.33. The van der Waals surface area contributed by atoms with Crippen LogP contribution in [0.5, 0.6) is 5.75 Å². The molecule has 0 spiro atoms. The molecule has 0 amide bonds. The first kappa shape index (κ1) is 12.9. The minimum atomic E-state index is -0.203. The number of fused-ring (bicyclic) bond motifs is 1. The highest BCUT2D eigenvalue weighted by atomic mass is 19.1. The summed E-state index contributed by atoms with van der Waals surface area (Å²) in [5.74, 6) is 0.630. The molecule has 4 heteroatoms. The van der Waals surface area contributed by atoms with Gasteiger partial charge in [0.1, 0.15) is 11.6 Å². The molecule has 1 aliphatic heterocycles. The number of anilines is 1. The van der Waals surface area contributed by atoms with Gasteiger partial charge in [-0.05, 0) is 42.7 Å². The number of hydrogen-bond acceptors (Lipinski definition) is 3. The molecule has 0 aliphatic carbocycles. The highest BCUT2D eigenvalue weighted by Gasteiger charge is 2.16. The molecule has 1 aliphatic rings. The number of ether oxygens (including phenoxy) is 1. The van der Waals surface area contributed by atoms with Crippen LogP contribution in [-0.4, -0.2) is 6.61 Å². The minimum absolute atomic E-state index is 0.203. The average Bonchev–Trinajstić information content (AvgIpc) is 2.48. The van der Waals surface area contributed by atoms with Gasteiger partial charge in [0.2, 0.25) is 0 Å². The Morgan fingerprint density at radius 3 is 2.85 bits per heavy atom. The topological polar surface area (TPSA) is 33.3 Å². The van der Waals surface area contributed by atoms with E-state index in [1.54, 1.807) is 6.07 Å². The summed E-state index contributed by atoms with van der Waals surface area (Å²) in [7, 11) is 0. The predicted molar refractivity (Wildman–Crippen MR) is 77.1 cm³/mol. The van der Waals surface area contributed by atoms with Crippen LogP contribution >= 0.6 is 0 Å². The molecule has 3 rings (SSSR count). The van der Waals surface area contributed by atoms with E-state index in [1.807, 2.05) is 30.3 Å². The van der Waals surface area contributed by atoms with Gasteiger partial charge in [-0.25, -0.2) is 9.82 Å². The Hall–Kier alpha value is -2.07. The summed E-state index contributed by atoms with van der Waals surface area (Å²) >= 11 is 0. The van der Waals surface area contributed by atoms with E-state index in [1.165, 1.54) is 6.07 Å². The van der Waals surface area contributed by atoms with Crippen LogP contribution in [-0.2, 0) is 13.0 Å². The zero-order valence-corrected chi connectivity index (χ0v) is 11.2. The second kappa shape index (κ2) is 5.92. The maximum Gasteiger partial charge on any atom is 0.127 e. The monoisotopic (exact) mass is 272 g/mol. The Kier molecular flexibility index (Phi) is 3.83. The van der Waals surface area contributed by atoms with Crippen molar-refractivity contribution < 1.29 is 9.13 Å². The molecule has 20 heavy (non-hydrogen) atoms. The molecule has 2 aromatic rings. The van der Waals surface area contributed by atoms with Crippen LogP contribution in [0.3, 0.4) is 0 Å². The maximum absolute atomic E-state index is 13.6. The number of para-hydroxylation sites is 1. The lowest BCUT2D eigenvalue weighted by Gasteiger charge is -2.21. The fourth-order valence-corrected chi connectivity index (χ4v) is 2.41. The summed E-state index contributed by atoms with van der Waals surface area (Å²) in [6, 6.07) is 12.9. The van der Waals surface area contributed by atoms with Crippen molar-refractivity contribution in [1.82, 2.24) is 5.43 Å². The van der Waals surface area contributed by atoms with E-state index in [2.05, 4.69) is 10.9 Å². The van der Waals surface area contributed by atoms with E-state index >= 15 is 0 Å². The van der Waals surface area contributed by atoms with Crippen LogP contribution in [0.2, 0.25) is 0 Å². The molecular formula is C16H17FN2O. The summed E-state index contributed by atoms with van der Waals surface area (Å²) < 4.78 is 19.3. The molecule has 0 atom stereocenters. The standard InChI is InChI=1S/C16H17FN2O/c17-14-9-12-5-4-8-20-16(12)13(10-14)11-18-19-15-6-2-1-3-7-15/h1-3,6-7,9-10,18-19H,4-5,8,11H2. The Balaban J connectivity index is 1.69. The summed E-state index contributed by atoms with van der Waals surface area (Å²) in [5, 5.41) is 0. The second-order valence-corrected chi connectivity index (χ2v) is 4.85. The summed E-state index contributed by atoms with van der Waals surface area (Å²) in [4.78, 5) is 0. The molecule has 104 valence electrons. The zero-order valence-electron chi connectivity index (χ0n) is 11.2. The third kappa shape index (κ3) is 2.91. The molecule has 3 nitrogen and oxygen atoms in total. The first-order chi connectivity index (χ1) is 9.83. The van der Waals surface area contributed by atoms with Crippen LogP contribution in [0.15, 0.2) is 42.5 Å². The van der Waals surface area contributed by atoms with E-state index < -0.39 is 0 Å². The van der Waals surface area contributed by atoms with Crippen LogP contribution in [0.25, 0.3) is 0 Å². The van der Waals surface area contributed by atoms with E-state index in [-0.39, 0.29) is 5.82 Å². The number of aryl methyl sites for hydroxylation is 1. The Morgan fingerprint density at radius 2 is 2.00 bits per heavy atom. The molecule has 0 bridgehead atoms. The van der Waals surface area contributed by atoms with Gasteiger partial charge in [-0.3, -0.25) is 0 Å². The maximum atomic E-state index is 13.6. The first-order valence-corrected chi connectivity index (χ1v) is 6.81. The lowest BCUT2D eigenvalue weighted by Crippen LogP contribution is -2.22. The van der Waals surface area contributed by atoms with Crippen molar-refractivity contribution in [3.63, 3.8) is 0 Å². The van der Waals surface area contributed by atoms with Gasteiger partial charge in [-0.2, -0.15) is 0 Å². The van der Waals surface area contributed by atoms with Crippen molar-refractivity contribution in [2.45, 2.75) is 19.4 Å². The van der Waals surface area contributed by atoms with Gasteiger partial charge >= 0.3 is 0 Å². The van der Waals surface area contributed by atoms with Gasteiger partial charge in [-0.15, -0.1) is 0 Å². The van der Waals surface area contributed by atoms with Crippen molar-refractivity contribution in [2.24, 2.45) is 0 Å². The molecule has 1 heterocycles. The van der Waals surface area contributed by atoms with Gasteiger partial charge in [0, 0.05) is 17.8 Å². The Bertz CT molecular complexity index is 587. The van der Waals surface area contributed by atoms with Gasteiger partial charge in [0.15, 0.2) is 0 Å². The fraction of sp³-hybridized carbons (Fsp3) is 0.250. The summed E-state index contributed by atoms with van der Waals surface area (Å²) in [5.41, 5.74) is 8.98. The van der Waals surface area contributed by atoms with Crippen molar-refractivity contribution in [2.75, 3.05) is 12.0 Å².